The normalized spacial score (nSPS) is 16.9. The highest BCUT2D eigenvalue weighted by Gasteiger charge is 2.57. The zero-order chi connectivity index (χ0) is 14.2. The van der Waals surface area contributed by atoms with Crippen molar-refractivity contribution in [3.63, 3.8) is 0 Å². The van der Waals surface area contributed by atoms with Crippen LogP contribution in [0.3, 0.4) is 0 Å². The highest BCUT2D eigenvalue weighted by atomic mass is 16.8. The Morgan fingerprint density at radius 2 is 1.79 bits per heavy atom. The van der Waals surface area contributed by atoms with Gasteiger partial charge in [0.05, 0.1) is 6.10 Å². The maximum Gasteiger partial charge on any atom is 0.453 e. The number of carboxylic acid groups (broad SMARTS) is 2. The van der Waals surface area contributed by atoms with Crippen molar-refractivity contribution in [1.82, 2.24) is 0 Å². The van der Waals surface area contributed by atoms with Crippen LogP contribution in [-0.4, -0.2) is 39.1 Å². The first-order chi connectivity index (χ1) is 8.85. The summed E-state index contributed by atoms with van der Waals surface area (Å²) in [6.45, 7) is 1.60. The zero-order valence-corrected chi connectivity index (χ0v) is 9.99. The molecule has 1 heterocycles. The average molecular weight is 268 g/mol. The van der Waals surface area contributed by atoms with Gasteiger partial charge in [-0.05, 0) is 31.0 Å². The van der Waals surface area contributed by atoms with Gasteiger partial charge < -0.3 is 24.8 Å². The van der Waals surface area contributed by atoms with Crippen LogP contribution in [0, 0.1) is 0 Å². The lowest BCUT2D eigenvalue weighted by Crippen LogP contribution is -2.54. The van der Waals surface area contributed by atoms with Crippen LogP contribution >= 0.6 is 0 Å². The minimum Gasteiger partial charge on any atom is -0.475 e. The van der Waals surface area contributed by atoms with Gasteiger partial charge in [-0.2, -0.15) is 0 Å². The van der Waals surface area contributed by atoms with Gasteiger partial charge in [0.1, 0.15) is 0 Å². The smallest absolute Gasteiger partial charge is 0.453 e. The van der Waals surface area contributed by atoms with Gasteiger partial charge in [-0.25, -0.2) is 9.59 Å². The Hall–Kier alpha value is -2.28. The van der Waals surface area contributed by atoms with Crippen molar-refractivity contribution >= 4 is 11.9 Å². The zero-order valence-electron chi connectivity index (χ0n) is 9.99. The van der Waals surface area contributed by atoms with E-state index in [1.807, 2.05) is 0 Å². The van der Waals surface area contributed by atoms with Gasteiger partial charge in [0.2, 0.25) is 0 Å². The quantitative estimate of drug-likeness (QED) is 0.670. The largest absolute Gasteiger partial charge is 0.475 e. The first-order valence-corrected chi connectivity index (χ1v) is 5.51. The molecule has 3 N–H and O–H groups in total. The lowest BCUT2D eigenvalue weighted by Gasteiger charge is -2.16. The summed E-state index contributed by atoms with van der Waals surface area (Å²) in [5.74, 6) is -6.16. The van der Waals surface area contributed by atoms with Crippen LogP contribution in [0.1, 0.15) is 12.5 Å². The first kappa shape index (κ1) is 13.2. The number of fused-ring (bicyclic) bond motifs is 1. The molecule has 0 amide bonds. The standard InChI is InChI=1S/C12H12O7/c1-6(13)4-7-2-3-8-9(5-7)19-12(18-8,10(14)15)11(16)17/h2-3,5-6,13H,4H2,1H3,(H,14,15)(H,16,17)/t6-/m0/s1. The fourth-order valence-corrected chi connectivity index (χ4v) is 1.78. The van der Waals surface area contributed by atoms with Crippen molar-refractivity contribution in [2.24, 2.45) is 0 Å². The second-order valence-electron chi connectivity index (χ2n) is 4.27. The van der Waals surface area contributed by atoms with E-state index in [1.54, 1.807) is 13.0 Å². The van der Waals surface area contributed by atoms with E-state index in [0.29, 0.717) is 12.0 Å². The van der Waals surface area contributed by atoms with Gasteiger partial charge in [-0.1, -0.05) is 6.07 Å². The third-order valence-corrected chi connectivity index (χ3v) is 2.61. The highest BCUT2D eigenvalue weighted by molar-refractivity contribution is 6.01. The number of ether oxygens (including phenoxy) is 2. The number of hydrogen-bond donors (Lipinski definition) is 3. The molecule has 0 saturated carbocycles. The average Bonchev–Trinajstić information content (AvgIpc) is 2.68. The van der Waals surface area contributed by atoms with Crippen LogP contribution in [0.4, 0.5) is 0 Å². The van der Waals surface area contributed by atoms with Gasteiger partial charge in [-0.3, -0.25) is 0 Å². The first-order valence-electron chi connectivity index (χ1n) is 5.51. The molecule has 0 aromatic heterocycles. The molecule has 1 atom stereocenters. The van der Waals surface area contributed by atoms with Gasteiger partial charge in [0.15, 0.2) is 11.5 Å². The molecule has 0 aliphatic carbocycles. The molecule has 7 heteroatoms. The van der Waals surface area contributed by atoms with Crippen LogP contribution < -0.4 is 9.47 Å². The van der Waals surface area contributed by atoms with Crippen LogP contribution in [-0.2, 0) is 16.0 Å². The lowest BCUT2D eigenvalue weighted by molar-refractivity contribution is -0.194. The number of aliphatic carboxylic acids is 2. The molecule has 0 radical (unpaired) electrons. The molecule has 1 aromatic rings. The van der Waals surface area contributed by atoms with E-state index in [1.165, 1.54) is 12.1 Å². The molecule has 0 saturated heterocycles. The number of benzene rings is 1. The topological polar surface area (TPSA) is 113 Å². The van der Waals surface area contributed by atoms with Crippen molar-refractivity contribution in [2.45, 2.75) is 25.2 Å². The molecular weight excluding hydrogens is 256 g/mol. The van der Waals surface area contributed by atoms with E-state index in [-0.39, 0.29) is 11.5 Å². The summed E-state index contributed by atoms with van der Waals surface area (Å²) in [6, 6.07) is 4.48. The predicted molar refractivity (Wildman–Crippen MR) is 61.1 cm³/mol. The molecular formula is C12H12O7. The number of hydrogen-bond acceptors (Lipinski definition) is 5. The molecule has 1 aromatic carbocycles. The van der Waals surface area contributed by atoms with Gasteiger partial charge in [-0.15, -0.1) is 0 Å². The van der Waals surface area contributed by atoms with E-state index in [2.05, 4.69) is 0 Å². The number of carbonyl (C=O) groups is 2. The number of aliphatic hydroxyl groups excluding tert-OH is 1. The van der Waals surface area contributed by atoms with Crippen LogP contribution in [0.15, 0.2) is 18.2 Å². The Morgan fingerprint density at radius 3 is 2.32 bits per heavy atom. The minimum absolute atomic E-state index is 0.0305. The number of carboxylic acids is 2. The Morgan fingerprint density at radius 1 is 1.21 bits per heavy atom. The van der Waals surface area contributed by atoms with Gasteiger partial charge in [0.25, 0.3) is 0 Å². The van der Waals surface area contributed by atoms with E-state index >= 15 is 0 Å². The van der Waals surface area contributed by atoms with E-state index < -0.39 is 23.8 Å². The number of rotatable bonds is 4. The van der Waals surface area contributed by atoms with E-state index in [9.17, 15) is 14.7 Å². The predicted octanol–water partition coefficient (Wildman–Crippen LogP) is 0.247. The molecule has 0 bridgehead atoms. The maximum atomic E-state index is 11.0. The Kier molecular flexibility index (Phi) is 3.07. The second kappa shape index (κ2) is 4.43. The highest BCUT2D eigenvalue weighted by Crippen LogP contribution is 2.40. The fourth-order valence-electron chi connectivity index (χ4n) is 1.78. The van der Waals surface area contributed by atoms with E-state index in [0.717, 1.165) is 0 Å². The van der Waals surface area contributed by atoms with Crippen molar-refractivity contribution < 1.29 is 34.4 Å². The second-order valence-corrected chi connectivity index (χ2v) is 4.27. The third-order valence-electron chi connectivity index (χ3n) is 2.61. The Bertz CT molecular complexity index is 521. The molecule has 102 valence electrons. The SMILES string of the molecule is C[C@H](O)Cc1ccc2c(c1)OC(C(=O)O)(C(=O)O)O2. The van der Waals surface area contributed by atoms with Crippen LogP contribution in [0.5, 0.6) is 11.5 Å². The van der Waals surface area contributed by atoms with Crippen molar-refractivity contribution in [3.05, 3.63) is 23.8 Å². The van der Waals surface area contributed by atoms with Crippen LogP contribution in [0.2, 0.25) is 0 Å². The molecule has 0 unspecified atom stereocenters. The molecule has 0 fully saturated rings. The molecule has 0 spiro atoms. The maximum absolute atomic E-state index is 11.0. The fraction of sp³-hybridized carbons (Fsp3) is 0.333. The molecule has 2 rings (SSSR count). The van der Waals surface area contributed by atoms with Gasteiger partial charge in [0, 0.05) is 0 Å². The van der Waals surface area contributed by atoms with E-state index in [4.69, 9.17) is 19.7 Å². The summed E-state index contributed by atoms with van der Waals surface area (Å²) in [5, 5.41) is 27.2. The van der Waals surface area contributed by atoms with Crippen molar-refractivity contribution in [2.75, 3.05) is 0 Å². The molecule has 1 aliphatic rings. The summed E-state index contributed by atoms with van der Waals surface area (Å²) in [6.07, 6.45) is -0.242. The minimum atomic E-state index is -2.74. The monoisotopic (exact) mass is 268 g/mol. The summed E-state index contributed by atoms with van der Waals surface area (Å²) in [7, 11) is 0. The summed E-state index contributed by atoms with van der Waals surface area (Å²) < 4.78 is 9.83. The Balaban J connectivity index is 2.34. The number of aliphatic hydroxyl groups is 1. The summed E-state index contributed by atoms with van der Waals surface area (Å²) >= 11 is 0. The lowest BCUT2D eigenvalue weighted by atomic mass is 10.1. The molecule has 1 aliphatic heterocycles. The summed E-state index contributed by atoms with van der Waals surface area (Å²) in [5.41, 5.74) is 0.684. The molecule has 7 nitrogen and oxygen atoms in total. The van der Waals surface area contributed by atoms with Crippen molar-refractivity contribution in [1.29, 1.82) is 0 Å². The van der Waals surface area contributed by atoms with Crippen molar-refractivity contribution in [3.8, 4) is 11.5 Å². The Labute approximate surface area is 108 Å². The van der Waals surface area contributed by atoms with Gasteiger partial charge >= 0.3 is 17.7 Å². The molecule has 19 heavy (non-hydrogen) atoms. The summed E-state index contributed by atoms with van der Waals surface area (Å²) in [4.78, 5) is 22.1. The van der Waals surface area contributed by atoms with Crippen LogP contribution in [0.25, 0.3) is 0 Å². The third kappa shape index (κ3) is 2.19.